The SMILES string of the molecule is COc1ccc(N2CCN(C(=O)CN3C(=O)C(C)N(c4ccc(C)cc4)C3=O)CC2)cc1. The van der Waals surface area contributed by atoms with Crippen molar-refractivity contribution in [2.45, 2.75) is 19.9 Å². The number of nitrogens with zero attached hydrogens (tertiary/aromatic N) is 4. The van der Waals surface area contributed by atoms with Gasteiger partial charge in [-0.2, -0.15) is 0 Å². The maximum atomic E-state index is 13.0. The van der Waals surface area contributed by atoms with Gasteiger partial charge in [0.1, 0.15) is 18.3 Å². The molecule has 2 aromatic carbocycles. The fourth-order valence-corrected chi connectivity index (χ4v) is 4.15. The number of ether oxygens (including phenoxy) is 1. The van der Waals surface area contributed by atoms with Crippen molar-refractivity contribution in [3.8, 4) is 5.75 Å². The summed E-state index contributed by atoms with van der Waals surface area (Å²) in [4.78, 5) is 45.1. The first-order valence-corrected chi connectivity index (χ1v) is 10.8. The molecule has 2 heterocycles. The van der Waals surface area contributed by atoms with E-state index in [1.54, 1.807) is 18.9 Å². The van der Waals surface area contributed by atoms with Gasteiger partial charge < -0.3 is 14.5 Å². The molecule has 0 aromatic heterocycles. The van der Waals surface area contributed by atoms with Crippen molar-refractivity contribution in [3.05, 3.63) is 54.1 Å². The zero-order valence-electron chi connectivity index (χ0n) is 18.7. The molecular weight excluding hydrogens is 408 g/mol. The molecular formula is C24H28N4O4. The molecule has 0 saturated carbocycles. The van der Waals surface area contributed by atoms with Gasteiger partial charge in [-0.3, -0.25) is 19.4 Å². The van der Waals surface area contributed by atoms with Gasteiger partial charge in [-0.05, 0) is 50.2 Å². The summed E-state index contributed by atoms with van der Waals surface area (Å²) < 4.78 is 5.20. The fourth-order valence-electron chi connectivity index (χ4n) is 4.15. The Bertz CT molecular complexity index is 998. The van der Waals surface area contributed by atoms with Crippen LogP contribution in [-0.2, 0) is 9.59 Å². The van der Waals surface area contributed by atoms with Crippen LogP contribution >= 0.6 is 0 Å². The molecule has 8 heteroatoms. The molecule has 4 rings (SSSR count). The molecule has 1 unspecified atom stereocenters. The second-order valence-corrected chi connectivity index (χ2v) is 8.15. The first-order chi connectivity index (χ1) is 15.4. The minimum Gasteiger partial charge on any atom is -0.497 e. The highest BCUT2D eigenvalue weighted by Gasteiger charge is 2.44. The van der Waals surface area contributed by atoms with Gasteiger partial charge in [0.15, 0.2) is 0 Å². The van der Waals surface area contributed by atoms with Crippen LogP contribution in [0.15, 0.2) is 48.5 Å². The summed E-state index contributed by atoms with van der Waals surface area (Å²) in [5.41, 5.74) is 2.80. The van der Waals surface area contributed by atoms with Crippen LogP contribution in [0.1, 0.15) is 12.5 Å². The number of benzene rings is 2. The number of piperazine rings is 1. The van der Waals surface area contributed by atoms with Gasteiger partial charge in [-0.15, -0.1) is 0 Å². The van der Waals surface area contributed by atoms with E-state index in [1.165, 1.54) is 4.90 Å². The molecule has 2 aliphatic heterocycles. The molecule has 32 heavy (non-hydrogen) atoms. The van der Waals surface area contributed by atoms with E-state index in [2.05, 4.69) is 4.90 Å². The highest BCUT2D eigenvalue weighted by Crippen LogP contribution is 2.26. The van der Waals surface area contributed by atoms with Crippen LogP contribution in [-0.4, -0.2) is 73.5 Å². The molecule has 0 radical (unpaired) electrons. The number of hydrogen-bond donors (Lipinski definition) is 0. The third-order valence-corrected chi connectivity index (χ3v) is 6.12. The Morgan fingerprint density at radius 3 is 2.12 bits per heavy atom. The summed E-state index contributed by atoms with van der Waals surface area (Å²) in [6, 6.07) is 14.2. The largest absolute Gasteiger partial charge is 0.497 e. The number of hydrogen-bond acceptors (Lipinski definition) is 5. The molecule has 2 aliphatic rings. The number of anilines is 2. The van der Waals surface area contributed by atoms with Crippen molar-refractivity contribution >= 4 is 29.2 Å². The number of aryl methyl sites for hydroxylation is 1. The first-order valence-electron chi connectivity index (χ1n) is 10.8. The Morgan fingerprint density at radius 1 is 0.938 bits per heavy atom. The van der Waals surface area contributed by atoms with Crippen LogP contribution in [0.3, 0.4) is 0 Å². The van der Waals surface area contributed by atoms with Gasteiger partial charge in [0, 0.05) is 37.6 Å². The summed E-state index contributed by atoms with van der Waals surface area (Å²) in [5, 5.41) is 0. The second kappa shape index (κ2) is 8.90. The van der Waals surface area contributed by atoms with Gasteiger partial charge in [-0.25, -0.2) is 4.79 Å². The number of rotatable bonds is 5. The molecule has 4 amide bonds. The fraction of sp³-hybridized carbons (Fsp3) is 0.375. The van der Waals surface area contributed by atoms with Crippen molar-refractivity contribution in [1.29, 1.82) is 0 Å². The van der Waals surface area contributed by atoms with Crippen LogP contribution in [0.2, 0.25) is 0 Å². The lowest BCUT2D eigenvalue weighted by Crippen LogP contribution is -2.52. The Hall–Kier alpha value is -3.55. The van der Waals surface area contributed by atoms with Gasteiger partial charge in [-0.1, -0.05) is 17.7 Å². The molecule has 0 bridgehead atoms. The Kier molecular flexibility index (Phi) is 6.03. The van der Waals surface area contributed by atoms with Crippen molar-refractivity contribution in [1.82, 2.24) is 9.80 Å². The van der Waals surface area contributed by atoms with Crippen LogP contribution in [0.5, 0.6) is 5.75 Å². The molecule has 2 saturated heterocycles. The summed E-state index contributed by atoms with van der Waals surface area (Å²) in [6.07, 6.45) is 0. The van der Waals surface area contributed by atoms with E-state index < -0.39 is 12.1 Å². The molecule has 2 fully saturated rings. The number of amides is 4. The van der Waals surface area contributed by atoms with Crippen LogP contribution < -0.4 is 14.5 Å². The molecule has 0 aliphatic carbocycles. The maximum absolute atomic E-state index is 13.0. The van der Waals surface area contributed by atoms with Crippen LogP contribution in [0, 0.1) is 6.92 Å². The molecule has 2 aromatic rings. The zero-order chi connectivity index (χ0) is 22.8. The summed E-state index contributed by atoms with van der Waals surface area (Å²) in [5.74, 6) is 0.247. The second-order valence-electron chi connectivity index (χ2n) is 8.15. The summed E-state index contributed by atoms with van der Waals surface area (Å²) in [7, 11) is 1.63. The summed E-state index contributed by atoms with van der Waals surface area (Å²) in [6.45, 7) is 5.88. The molecule has 0 N–H and O–H groups in total. The number of carbonyl (C=O) groups is 3. The quantitative estimate of drug-likeness (QED) is 0.674. The number of imide groups is 1. The average Bonchev–Trinajstić information content (AvgIpc) is 3.03. The Labute approximate surface area is 187 Å². The number of methoxy groups -OCH3 is 1. The van der Waals surface area contributed by atoms with Crippen molar-refractivity contribution < 1.29 is 19.1 Å². The molecule has 1 atom stereocenters. The van der Waals surface area contributed by atoms with Gasteiger partial charge in [0.2, 0.25) is 5.91 Å². The molecule has 0 spiro atoms. The third-order valence-electron chi connectivity index (χ3n) is 6.12. The number of carbonyl (C=O) groups excluding carboxylic acids is 3. The minimum absolute atomic E-state index is 0.209. The van der Waals surface area contributed by atoms with Crippen molar-refractivity contribution in [3.63, 3.8) is 0 Å². The average molecular weight is 437 g/mol. The zero-order valence-corrected chi connectivity index (χ0v) is 18.7. The lowest BCUT2D eigenvalue weighted by atomic mass is 10.2. The predicted octanol–water partition coefficient (Wildman–Crippen LogP) is 2.51. The van der Waals surface area contributed by atoms with E-state index >= 15 is 0 Å². The highest BCUT2D eigenvalue weighted by molar-refractivity contribution is 6.15. The van der Waals surface area contributed by atoms with Gasteiger partial charge >= 0.3 is 6.03 Å². The summed E-state index contributed by atoms with van der Waals surface area (Å²) >= 11 is 0. The van der Waals surface area contributed by atoms with Crippen molar-refractivity contribution in [2.24, 2.45) is 0 Å². The van der Waals surface area contributed by atoms with E-state index in [4.69, 9.17) is 4.74 Å². The van der Waals surface area contributed by atoms with E-state index in [9.17, 15) is 14.4 Å². The minimum atomic E-state index is -0.634. The van der Waals surface area contributed by atoms with E-state index in [0.717, 1.165) is 21.9 Å². The van der Waals surface area contributed by atoms with Crippen molar-refractivity contribution in [2.75, 3.05) is 49.6 Å². The normalized spacial score (nSPS) is 19.0. The van der Waals surface area contributed by atoms with E-state index in [1.807, 2.05) is 55.5 Å². The van der Waals surface area contributed by atoms with E-state index in [-0.39, 0.29) is 18.4 Å². The number of urea groups is 1. The predicted molar refractivity (Wildman–Crippen MR) is 122 cm³/mol. The van der Waals surface area contributed by atoms with Gasteiger partial charge in [0.05, 0.1) is 7.11 Å². The third kappa shape index (κ3) is 4.12. The monoisotopic (exact) mass is 436 g/mol. The topological polar surface area (TPSA) is 73.4 Å². The molecule has 8 nitrogen and oxygen atoms in total. The molecule has 168 valence electrons. The maximum Gasteiger partial charge on any atom is 0.332 e. The van der Waals surface area contributed by atoms with E-state index in [0.29, 0.717) is 31.9 Å². The van der Waals surface area contributed by atoms with Crippen LogP contribution in [0.4, 0.5) is 16.2 Å². The lowest BCUT2D eigenvalue weighted by Gasteiger charge is -2.36. The first kappa shape index (κ1) is 21.7. The smallest absolute Gasteiger partial charge is 0.332 e. The van der Waals surface area contributed by atoms with Crippen LogP contribution in [0.25, 0.3) is 0 Å². The Morgan fingerprint density at radius 2 is 1.53 bits per heavy atom. The lowest BCUT2D eigenvalue weighted by molar-refractivity contribution is -0.137. The highest BCUT2D eigenvalue weighted by atomic mass is 16.5. The van der Waals surface area contributed by atoms with Gasteiger partial charge in [0.25, 0.3) is 5.91 Å². The Balaban J connectivity index is 1.37. The standard InChI is InChI=1S/C24H28N4O4/c1-17-4-6-20(7-5-17)28-18(2)23(30)27(24(28)31)16-22(29)26-14-12-25(13-15-26)19-8-10-21(32-3)11-9-19/h4-11,18H,12-16H2,1-3H3.